The molecule has 0 aliphatic heterocycles. The van der Waals surface area contributed by atoms with Crippen LogP contribution in [0.5, 0.6) is 5.75 Å². The summed E-state index contributed by atoms with van der Waals surface area (Å²) in [5.74, 6) is 0.440. The van der Waals surface area contributed by atoms with Crippen molar-refractivity contribution in [2.24, 2.45) is 0 Å². The fraction of sp³-hybridized carbons (Fsp3) is 0.583. The molecule has 0 bridgehead atoms. The van der Waals surface area contributed by atoms with Crippen molar-refractivity contribution >= 4 is 40.7 Å². The number of thiocarbonyl (C=S) groups is 1. The van der Waals surface area contributed by atoms with Crippen LogP contribution < -0.4 is 15.4 Å². The fourth-order valence-corrected chi connectivity index (χ4v) is 3.67. The number of hydrogen-bond donors (Lipinski definition) is 2. The predicted molar refractivity (Wildman–Crippen MR) is 136 cm³/mol. The lowest BCUT2D eigenvalue weighted by Crippen LogP contribution is -2.36. The highest BCUT2D eigenvalue weighted by molar-refractivity contribution is 7.80. The zero-order valence-corrected chi connectivity index (χ0v) is 20.6. The molecule has 0 spiro atoms. The number of hydrogen-bond acceptors (Lipinski definition) is 3. The largest absolute Gasteiger partial charge is 0.412 e. The summed E-state index contributed by atoms with van der Waals surface area (Å²) >= 11 is 11.7. The van der Waals surface area contributed by atoms with Crippen LogP contribution >= 0.6 is 23.8 Å². The predicted octanol–water partition coefficient (Wildman–Crippen LogP) is 7.08. The Balaban J connectivity index is 2.41. The van der Waals surface area contributed by atoms with Crippen molar-refractivity contribution in [3.05, 3.63) is 35.9 Å². The number of anilines is 1. The van der Waals surface area contributed by atoms with E-state index < -0.39 is 6.09 Å². The highest BCUT2D eigenvalue weighted by Gasteiger charge is 2.11. The van der Waals surface area contributed by atoms with Crippen molar-refractivity contribution in [2.45, 2.75) is 71.1 Å². The van der Waals surface area contributed by atoms with Gasteiger partial charge in [-0.3, -0.25) is 0 Å². The summed E-state index contributed by atoms with van der Waals surface area (Å²) in [7, 11) is 1.52. The van der Waals surface area contributed by atoms with Crippen LogP contribution in [0.15, 0.2) is 35.9 Å². The van der Waals surface area contributed by atoms with E-state index in [1.807, 2.05) is 11.0 Å². The first-order chi connectivity index (χ1) is 15.0. The Labute approximate surface area is 198 Å². The molecular formula is C24H38ClN3O2S. The second-order valence-corrected chi connectivity index (χ2v) is 8.64. The van der Waals surface area contributed by atoms with E-state index >= 15 is 0 Å². The number of nitrogens with one attached hydrogen (secondary N) is 2. The van der Waals surface area contributed by atoms with E-state index in [4.69, 9.17) is 28.6 Å². The number of carbonyl (C=O) groups excluding carboxylic acids is 1. The number of rotatable bonds is 15. The van der Waals surface area contributed by atoms with Crippen molar-refractivity contribution in [3.8, 4) is 5.75 Å². The van der Waals surface area contributed by atoms with Crippen molar-refractivity contribution in [1.29, 1.82) is 0 Å². The molecule has 0 unspecified atom stereocenters. The van der Waals surface area contributed by atoms with Crippen LogP contribution in [-0.4, -0.2) is 36.2 Å². The topological polar surface area (TPSA) is 53.6 Å². The molecule has 1 aromatic rings. The molecule has 0 aromatic heterocycles. The molecule has 5 nitrogen and oxygen atoms in total. The van der Waals surface area contributed by atoms with Gasteiger partial charge < -0.3 is 20.3 Å². The van der Waals surface area contributed by atoms with Gasteiger partial charge >= 0.3 is 6.09 Å². The van der Waals surface area contributed by atoms with E-state index in [0.717, 1.165) is 18.7 Å². The molecule has 0 saturated heterocycles. The number of nitrogens with zero attached hydrogens (tertiary/aromatic N) is 1. The lowest BCUT2D eigenvalue weighted by Gasteiger charge is -2.25. The zero-order valence-electron chi connectivity index (χ0n) is 19.1. The summed E-state index contributed by atoms with van der Waals surface area (Å²) < 4.78 is 5.17. The molecule has 0 saturated carbocycles. The standard InChI is InChI=1S/C24H38ClN3O2S/c1-4-5-6-7-8-9-10-11-12-13-17-28(19-20(2)25)23(31)27-21-15-14-16-22(18-21)30-24(29)26-3/h14-16,18H,2,4-13,17,19H2,1,3H3,(H,26,29)(H,27,31). The molecule has 7 heteroatoms. The van der Waals surface area contributed by atoms with E-state index in [9.17, 15) is 4.79 Å². The molecule has 0 radical (unpaired) electrons. The van der Waals surface area contributed by atoms with Crippen LogP contribution in [0.4, 0.5) is 10.5 Å². The Kier molecular flexibility index (Phi) is 14.8. The van der Waals surface area contributed by atoms with E-state index in [1.165, 1.54) is 64.8 Å². The molecule has 1 amide bonds. The van der Waals surface area contributed by atoms with Crippen molar-refractivity contribution in [1.82, 2.24) is 10.2 Å². The van der Waals surface area contributed by atoms with Gasteiger partial charge in [-0.25, -0.2) is 4.79 Å². The van der Waals surface area contributed by atoms with Crippen molar-refractivity contribution in [3.63, 3.8) is 0 Å². The zero-order chi connectivity index (χ0) is 22.9. The van der Waals surface area contributed by atoms with Gasteiger partial charge in [0, 0.05) is 30.4 Å². The maximum atomic E-state index is 11.4. The maximum absolute atomic E-state index is 11.4. The molecule has 31 heavy (non-hydrogen) atoms. The average Bonchev–Trinajstić information content (AvgIpc) is 2.74. The van der Waals surface area contributed by atoms with Gasteiger partial charge in [0.15, 0.2) is 5.11 Å². The van der Waals surface area contributed by atoms with Gasteiger partial charge in [-0.1, -0.05) is 89.0 Å². The molecule has 0 atom stereocenters. The van der Waals surface area contributed by atoms with E-state index in [0.29, 0.717) is 22.4 Å². The normalized spacial score (nSPS) is 10.4. The van der Waals surface area contributed by atoms with Gasteiger partial charge in [0.25, 0.3) is 0 Å². The second-order valence-electron chi connectivity index (χ2n) is 7.72. The Morgan fingerprint density at radius 3 is 2.29 bits per heavy atom. The van der Waals surface area contributed by atoms with Gasteiger partial charge in [-0.15, -0.1) is 0 Å². The lowest BCUT2D eigenvalue weighted by atomic mass is 10.1. The molecule has 1 rings (SSSR count). The number of halogens is 1. The first-order valence-corrected chi connectivity index (χ1v) is 12.1. The molecule has 2 N–H and O–H groups in total. The third-order valence-electron chi connectivity index (χ3n) is 4.93. The smallest absolute Gasteiger partial charge is 0.410 e. The van der Waals surface area contributed by atoms with Crippen LogP contribution in [0, 0.1) is 0 Å². The van der Waals surface area contributed by atoms with Gasteiger partial charge in [0.2, 0.25) is 0 Å². The minimum atomic E-state index is -0.513. The highest BCUT2D eigenvalue weighted by atomic mass is 35.5. The molecular weight excluding hydrogens is 430 g/mol. The summed E-state index contributed by atoms with van der Waals surface area (Å²) in [6, 6.07) is 7.12. The van der Waals surface area contributed by atoms with Crippen LogP contribution in [0.3, 0.4) is 0 Å². The van der Waals surface area contributed by atoms with Crippen LogP contribution in [0.2, 0.25) is 0 Å². The van der Waals surface area contributed by atoms with Gasteiger partial charge in [-0.2, -0.15) is 0 Å². The second kappa shape index (κ2) is 16.8. The summed E-state index contributed by atoms with van der Waals surface area (Å²) in [5, 5.41) is 6.76. The molecule has 0 fully saturated rings. The Morgan fingerprint density at radius 1 is 1.10 bits per heavy atom. The quantitative estimate of drug-likeness (QED) is 0.213. The number of amides is 1. The monoisotopic (exact) mass is 467 g/mol. The first-order valence-electron chi connectivity index (χ1n) is 11.3. The van der Waals surface area contributed by atoms with E-state index in [-0.39, 0.29) is 0 Å². The summed E-state index contributed by atoms with van der Waals surface area (Å²) in [6.07, 6.45) is 12.4. The van der Waals surface area contributed by atoms with Gasteiger partial charge in [-0.05, 0) is 30.8 Å². The van der Waals surface area contributed by atoms with Crippen LogP contribution in [-0.2, 0) is 0 Å². The molecule has 174 valence electrons. The molecule has 0 aliphatic rings. The fourth-order valence-electron chi connectivity index (χ4n) is 3.25. The Morgan fingerprint density at radius 2 is 1.71 bits per heavy atom. The number of benzene rings is 1. The van der Waals surface area contributed by atoms with Gasteiger partial charge in [0.1, 0.15) is 5.75 Å². The summed E-state index contributed by atoms with van der Waals surface area (Å²) in [6.45, 7) is 7.39. The maximum Gasteiger partial charge on any atom is 0.412 e. The first kappa shape index (κ1) is 27.2. The Bertz CT molecular complexity index is 685. The molecule has 0 aliphatic carbocycles. The Hall–Kier alpha value is -1.79. The van der Waals surface area contributed by atoms with Crippen molar-refractivity contribution < 1.29 is 9.53 Å². The molecule has 1 aromatic carbocycles. The SMILES string of the molecule is C=C(Cl)CN(CCCCCCCCCCCC)C(=S)Nc1cccc(OC(=O)NC)c1. The number of carbonyl (C=O) groups is 1. The average molecular weight is 468 g/mol. The number of unbranched alkanes of at least 4 members (excludes halogenated alkanes) is 9. The lowest BCUT2D eigenvalue weighted by molar-refractivity contribution is 0.203. The van der Waals surface area contributed by atoms with E-state index in [2.05, 4.69) is 24.1 Å². The highest BCUT2D eigenvalue weighted by Crippen LogP contribution is 2.19. The summed E-state index contributed by atoms with van der Waals surface area (Å²) in [4.78, 5) is 13.4. The van der Waals surface area contributed by atoms with Crippen LogP contribution in [0.1, 0.15) is 71.1 Å². The summed E-state index contributed by atoms with van der Waals surface area (Å²) in [5.41, 5.74) is 0.750. The van der Waals surface area contributed by atoms with E-state index in [1.54, 1.807) is 18.2 Å². The minimum Gasteiger partial charge on any atom is -0.410 e. The number of ether oxygens (including phenoxy) is 1. The van der Waals surface area contributed by atoms with Gasteiger partial charge in [0.05, 0.1) is 6.54 Å². The van der Waals surface area contributed by atoms with Crippen molar-refractivity contribution in [2.75, 3.05) is 25.5 Å². The molecule has 0 heterocycles. The minimum absolute atomic E-state index is 0.440. The van der Waals surface area contributed by atoms with Crippen LogP contribution in [0.25, 0.3) is 0 Å². The third kappa shape index (κ3) is 13.3. The third-order valence-corrected chi connectivity index (χ3v) is 5.41.